The number of carbonyl (C=O) groups is 2. The van der Waals surface area contributed by atoms with E-state index in [2.05, 4.69) is 4.98 Å². The van der Waals surface area contributed by atoms with E-state index in [1.54, 1.807) is 18.1 Å². The minimum absolute atomic E-state index is 0.0150. The molecule has 19 heavy (non-hydrogen) atoms. The zero-order valence-corrected chi connectivity index (χ0v) is 11.4. The maximum absolute atomic E-state index is 12.0. The van der Waals surface area contributed by atoms with Crippen LogP contribution in [0.5, 0.6) is 0 Å². The number of imidazole rings is 1. The molecule has 0 saturated heterocycles. The number of carbonyl (C=O) groups excluding carboxylic acids is 1. The summed E-state index contributed by atoms with van der Waals surface area (Å²) in [7, 11) is 1.70. The average molecular weight is 281 g/mol. The second kappa shape index (κ2) is 5.83. The molecule has 0 radical (unpaired) electrons. The molecule has 0 spiro atoms. The van der Waals surface area contributed by atoms with Gasteiger partial charge in [-0.3, -0.25) is 14.0 Å². The van der Waals surface area contributed by atoms with Crippen molar-refractivity contribution in [2.24, 2.45) is 0 Å². The number of thiazole rings is 1. The number of amides is 1. The highest BCUT2D eigenvalue weighted by Crippen LogP contribution is 2.15. The summed E-state index contributed by atoms with van der Waals surface area (Å²) in [5, 5.41) is 10.5. The summed E-state index contributed by atoms with van der Waals surface area (Å²) in [6, 6.07) is 0. The molecule has 0 unspecified atom stereocenters. The third-order valence-corrected chi connectivity index (χ3v) is 3.76. The first-order valence-electron chi connectivity index (χ1n) is 5.93. The van der Waals surface area contributed by atoms with Gasteiger partial charge in [-0.15, -0.1) is 11.3 Å². The van der Waals surface area contributed by atoms with Crippen LogP contribution in [0.1, 0.15) is 18.5 Å². The van der Waals surface area contributed by atoms with Crippen molar-refractivity contribution in [3.63, 3.8) is 0 Å². The number of carboxylic acid groups (broad SMARTS) is 1. The van der Waals surface area contributed by atoms with Gasteiger partial charge in [-0.1, -0.05) is 0 Å². The van der Waals surface area contributed by atoms with Gasteiger partial charge >= 0.3 is 5.97 Å². The second-order valence-electron chi connectivity index (χ2n) is 4.30. The molecule has 2 aromatic rings. The predicted molar refractivity (Wildman–Crippen MR) is 71.3 cm³/mol. The van der Waals surface area contributed by atoms with E-state index in [4.69, 9.17) is 5.11 Å². The number of likely N-dealkylation sites (N-methyl/N-ethyl adjacent to an activating group) is 1. The van der Waals surface area contributed by atoms with Gasteiger partial charge < -0.3 is 10.0 Å². The minimum Gasteiger partial charge on any atom is -0.481 e. The molecule has 102 valence electrons. The zero-order chi connectivity index (χ0) is 13.8. The lowest BCUT2D eigenvalue weighted by Crippen LogP contribution is -2.29. The number of nitrogens with zero attached hydrogens (tertiary/aromatic N) is 3. The molecule has 1 amide bonds. The highest BCUT2D eigenvalue weighted by atomic mass is 32.1. The zero-order valence-electron chi connectivity index (χ0n) is 10.6. The molecule has 0 aromatic carbocycles. The quantitative estimate of drug-likeness (QED) is 0.865. The molecular formula is C12H15N3O3S. The molecule has 0 bridgehead atoms. The highest BCUT2D eigenvalue weighted by Gasteiger charge is 2.13. The van der Waals surface area contributed by atoms with E-state index in [-0.39, 0.29) is 12.3 Å². The molecule has 0 saturated carbocycles. The predicted octanol–water partition coefficient (Wildman–Crippen LogP) is 1.26. The third-order valence-electron chi connectivity index (χ3n) is 2.86. The van der Waals surface area contributed by atoms with Crippen LogP contribution in [0.4, 0.5) is 0 Å². The monoisotopic (exact) mass is 281 g/mol. The lowest BCUT2D eigenvalue weighted by molar-refractivity contribution is -0.138. The first-order chi connectivity index (χ1) is 9.08. The van der Waals surface area contributed by atoms with Crippen LogP contribution < -0.4 is 0 Å². The summed E-state index contributed by atoms with van der Waals surface area (Å²) in [6.45, 7) is 0.461. The Bertz CT molecular complexity index is 590. The minimum atomic E-state index is -0.834. The molecule has 0 atom stereocenters. The third kappa shape index (κ3) is 3.31. The van der Waals surface area contributed by atoms with E-state index in [1.165, 1.54) is 11.3 Å². The lowest BCUT2D eigenvalue weighted by atomic mass is 10.2. The molecule has 2 rings (SSSR count). The summed E-state index contributed by atoms with van der Waals surface area (Å²) in [5.74, 6) is -0.849. The van der Waals surface area contributed by atoms with E-state index >= 15 is 0 Å². The normalized spacial score (nSPS) is 10.8. The first kappa shape index (κ1) is 13.5. The van der Waals surface area contributed by atoms with Gasteiger partial charge in [0.1, 0.15) is 0 Å². The molecule has 2 heterocycles. The smallest absolute Gasteiger partial charge is 0.303 e. The summed E-state index contributed by atoms with van der Waals surface area (Å²) in [4.78, 5) is 29.0. The van der Waals surface area contributed by atoms with Crippen LogP contribution in [0.25, 0.3) is 4.96 Å². The number of carboxylic acids is 1. The molecule has 0 aliphatic heterocycles. The fraction of sp³-hybridized carbons (Fsp3) is 0.417. The largest absolute Gasteiger partial charge is 0.481 e. The van der Waals surface area contributed by atoms with Gasteiger partial charge in [-0.25, -0.2) is 4.98 Å². The van der Waals surface area contributed by atoms with E-state index < -0.39 is 5.97 Å². The van der Waals surface area contributed by atoms with E-state index in [0.717, 1.165) is 10.7 Å². The van der Waals surface area contributed by atoms with Crippen LogP contribution in [0, 0.1) is 0 Å². The van der Waals surface area contributed by atoms with E-state index in [1.807, 2.05) is 16.0 Å². The second-order valence-corrected chi connectivity index (χ2v) is 5.13. The topological polar surface area (TPSA) is 74.9 Å². The standard InChI is InChI=1S/C12H15N3O3S/c1-14(5-2-3-11(17)18)10(16)7-9-8-19-12-13-4-6-15(9)12/h4,6,8H,2-3,5,7H2,1H3,(H,17,18). The van der Waals surface area contributed by atoms with Gasteiger partial charge in [0.25, 0.3) is 0 Å². The van der Waals surface area contributed by atoms with Crippen LogP contribution in [-0.2, 0) is 16.0 Å². The highest BCUT2D eigenvalue weighted by molar-refractivity contribution is 7.15. The summed E-state index contributed by atoms with van der Waals surface area (Å²) in [5.41, 5.74) is 0.910. The Morgan fingerprint density at radius 3 is 3.05 bits per heavy atom. The van der Waals surface area contributed by atoms with E-state index in [9.17, 15) is 9.59 Å². The fourth-order valence-electron chi connectivity index (χ4n) is 1.78. The Kier molecular flexibility index (Phi) is 4.16. The number of hydrogen-bond acceptors (Lipinski definition) is 4. The first-order valence-corrected chi connectivity index (χ1v) is 6.81. The SMILES string of the molecule is CN(CCCC(=O)O)C(=O)Cc1csc2nccn12. The summed E-state index contributed by atoms with van der Waals surface area (Å²) in [6.07, 6.45) is 4.40. The van der Waals surface area contributed by atoms with Crippen LogP contribution in [-0.4, -0.2) is 44.9 Å². The number of aliphatic carboxylic acids is 1. The summed E-state index contributed by atoms with van der Waals surface area (Å²) < 4.78 is 1.90. The summed E-state index contributed by atoms with van der Waals surface area (Å²) >= 11 is 1.50. The Morgan fingerprint density at radius 2 is 2.32 bits per heavy atom. The van der Waals surface area contributed by atoms with Crippen LogP contribution in [0.2, 0.25) is 0 Å². The molecule has 0 aliphatic rings. The number of hydrogen-bond donors (Lipinski definition) is 1. The molecule has 6 nitrogen and oxygen atoms in total. The Labute approximate surface area is 114 Å². The van der Waals surface area contributed by atoms with Crippen molar-refractivity contribution >= 4 is 28.2 Å². The number of aromatic nitrogens is 2. The molecular weight excluding hydrogens is 266 g/mol. The van der Waals surface area contributed by atoms with Crippen LogP contribution >= 0.6 is 11.3 Å². The molecule has 1 N–H and O–H groups in total. The number of rotatable bonds is 6. The Morgan fingerprint density at radius 1 is 1.53 bits per heavy atom. The molecule has 2 aromatic heterocycles. The average Bonchev–Trinajstić information content (AvgIpc) is 2.93. The van der Waals surface area contributed by atoms with Crippen molar-refractivity contribution < 1.29 is 14.7 Å². The van der Waals surface area contributed by atoms with Gasteiger partial charge in [0, 0.05) is 43.5 Å². The fourth-order valence-corrected chi connectivity index (χ4v) is 2.63. The van der Waals surface area contributed by atoms with E-state index in [0.29, 0.717) is 19.4 Å². The maximum Gasteiger partial charge on any atom is 0.303 e. The van der Waals surface area contributed by atoms with Crippen molar-refractivity contribution in [3.8, 4) is 0 Å². The van der Waals surface area contributed by atoms with Crippen LogP contribution in [0.15, 0.2) is 17.8 Å². The van der Waals surface area contributed by atoms with Gasteiger partial charge in [0.05, 0.1) is 6.42 Å². The van der Waals surface area contributed by atoms with Crippen molar-refractivity contribution in [2.45, 2.75) is 19.3 Å². The maximum atomic E-state index is 12.0. The van der Waals surface area contributed by atoms with Crippen molar-refractivity contribution in [1.29, 1.82) is 0 Å². The molecule has 0 aliphatic carbocycles. The van der Waals surface area contributed by atoms with Gasteiger partial charge in [0.2, 0.25) is 5.91 Å². The van der Waals surface area contributed by atoms with Crippen molar-refractivity contribution in [3.05, 3.63) is 23.5 Å². The molecule has 7 heteroatoms. The van der Waals surface area contributed by atoms with Gasteiger partial charge in [-0.2, -0.15) is 0 Å². The molecule has 0 fully saturated rings. The van der Waals surface area contributed by atoms with Crippen molar-refractivity contribution in [1.82, 2.24) is 14.3 Å². The van der Waals surface area contributed by atoms with Crippen LogP contribution in [0.3, 0.4) is 0 Å². The Balaban J connectivity index is 1.90. The number of fused-ring (bicyclic) bond motifs is 1. The van der Waals surface area contributed by atoms with Gasteiger partial charge in [-0.05, 0) is 6.42 Å². The Hall–Kier alpha value is -1.89. The van der Waals surface area contributed by atoms with Gasteiger partial charge in [0.15, 0.2) is 4.96 Å². The lowest BCUT2D eigenvalue weighted by Gasteiger charge is -2.16. The van der Waals surface area contributed by atoms with Crippen molar-refractivity contribution in [2.75, 3.05) is 13.6 Å².